The van der Waals surface area contributed by atoms with Gasteiger partial charge in [-0.1, -0.05) is 36.4 Å². The third kappa shape index (κ3) is 2.27. The van der Waals surface area contributed by atoms with Crippen molar-refractivity contribution in [3.63, 3.8) is 0 Å². The van der Waals surface area contributed by atoms with E-state index in [4.69, 9.17) is 14.1 Å². The highest BCUT2D eigenvalue weighted by Crippen LogP contribution is 2.56. The van der Waals surface area contributed by atoms with Crippen LogP contribution in [0.5, 0.6) is 11.5 Å². The molecule has 4 nitrogen and oxygen atoms in total. The molecule has 3 aromatic carbocycles. The number of fused-ring (bicyclic) bond motifs is 7. The zero-order valence-corrected chi connectivity index (χ0v) is 15.9. The predicted octanol–water partition coefficient (Wildman–Crippen LogP) is 3.47. The highest BCUT2D eigenvalue weighted by Gasteiger charge is 2.54. The summed E-state index contributed by atoms with van der Waals surface area (Å²) < 4.78 is 17.9. The van der Waals surface area contributed by atoms with Gasteiger partial charge in [-0.2, -0.15) is 0 Å². The Morgan fingerprint density at radius 3 is 1.96 bits per heavy atom. The summed E-state index contributed by atoms with van der Waals surface area (Å²) >= 11 is 0. The summed E-state index contributed by atoms with van der Waals surface area (Å²) in [6.07, 6.45) is 0. The summed E-state index contributed by atoms with van der Waals surface area (Å²) in [6.45, 7) is 5.12. The van der Waals surface area contributed by atoms with E-state index in [0.717, 1.165) is 44.8 Å². The van der Waals surface area contributed by atoms with Gasteiger partial charge in [0.25, 0.3) is 0 Å². The van der Waals surface area contributed by atoms with Gasteiger partial charge in [-0.05, 0) is 60.3 Å². The molecule has 2 aliphatic rings. The molecule has 3 aromatic rings. The van der Waals surface area contributed by atoms with Gasteiger partial charge in [0.1, 0.15) is 17.1 Å². The van der Waals surface area contributed by atoms with Gasteiger partial charge in [0.2, 0.25) is 0 Å². The molecular formula is C23H21BO4. The van der Waals surface area contributed by atoms with Crippen molar-refractivity contribution >= 4 is 12.6 Å². The molecular weight excluding hydrogens is 351 g/mol. The molecule has 1 aliphatic heterocycles. The average Bonchev–Trinajstić information content (AvgIpc) is 3.16. The quantitative estimate of drug-likeness (QED) is 0.713. The topological polar surface area (TPSA) is 47.9 Å². The Hall–Kier alpha value is -2.76. The minimum atomic E-state index is -0.985. The maximum atomic E-state index is 10.7. The second kappa shape index (κ2) is 6.40. The smallest absolute Gasteiger partial charge is 0.492 e. The van der Waals surface area contributed by atoms with Gasteiger partial charge < -0.3 is 19.2 Å². The van der Waals surface area contributed by atoms with Crippen LogP contribution in [0.1, 0.15) is 30.5 Å². The van der Waals surface area contributed by atoms with Crippen LogP contribution in [-0.2, 0) is 10.3 Å². The molecule has 28 heavy (non-hydrogen) atoms. The molecule has 140 valence electrons. The van der Waals surface area contributed by atoms with Gasteiger partial charge in [-0.3, -0.25) is 0 Å². The summed E-state index contributed by atoms with van der Waals surface area (Å²) in [4.78, 5) is 0. The highest BCUT2D eigenvalue weighted by atomic mass is 16.5. The maximum Gasteiger partial charge on any atom is 0.492 e. The molecule has 0 atom stereocenters. The van der Waals surface area contributed by atoms with E-state index in [1.54, 1.807) is 0 Å². The Morgan fingerprint density at radius 2 is 1.39 bits per heavy atom. The van der Waals surface area contributed by atoms with E-state index in [1.807, 2.05) is 62.4 Å². The van der Waals surface area contributed by atoms with E-state index in [1.165, 1.54) is 0 Å². The molecule has 0 radical (unpaired) electrons. The van der Waals surface area contributed by atoms with Crippen molar-refractivity contribution in [3.05, 3.63) is 77.4 Å². The van der Waals surface area contributed by atoms with E-state index in [2.05, 4.69) is 12.1 Å². The first kappa shape index (κ1) is 17.4. The number of benzene rings is 3. The van der Waals surface area contributed by atoms with Crippen LogP contribution in [0.15, 0.2) is 60.7 Å². The van der Waals surface area contributed by atoms with Crippen molar-refractivity contribution in [1.82, 2.24) is 0 Å². The second-order valence-corrected chi connectivity index (χ2v) is 7.02. The molecule has 0 fully saturated rings. The van der Waals surface area contributed by atoms with Gasteiger partial charge in [0.05, 0.1) is 13.2 Å². The molecule has 0 saturated heterocycles. The van der Waals surface area contributed by atoms with Crippen LogP contribution < -0.4 is 14.9 Å². The van der Waals surface area contributed by atoms with Crippen molar-refractivity contribution in [2.75, 3.05) is 13.2 Å². The van der Waals surface area contributed by atoms with E-state index in [-0.39, 0.29) is 0 Å². The molecule has 1 heterocycles. The predicted molar refractivity (Wildman–Crippen MR) is 109 cm³/mol. The maximum absolute atomic E-state index is 10.7. The van der Waals surface area contributed by atoms with Crippen molar-refractivity contribution in [3.8, 4) is 22.6 Å². The van der Waals surface area contributed by atoms with Crippen LogP contribution in [-0.4, -0.2) is 25.4 Å². The lowest BCUT2D eigenvalue weighted by atomic mass is 9.76. The van der Waals surface area contributed by atoms with E-state index >= 15 is 0 Å². The normalized spacial score (nSPS) is 15.3. The number of ether oxygens (including phenoxy) is 2. The number of rotatable bonds is 4. The average molecular weight is 372 g/mol. The van der Waals surface area contributed by atoms with Gasteiger partial charge in [-0.15, -0.1) is 0 Å². The van der Waals surface area contributed by atoms with Crippen molar-refractivity contribution in [2.24, 2.45) is 0 Å². The van der Waals surface area contributed by atoms with E-state index in [0.29, 0.717) is 13.2 Å². The third-order valence-electron chi connectivity index (χ3n) is 5.55. The first-order chi connectivity index (χ1) is 13.7. The van der Waals surface area contributed by atoms with Crippen molar-refractivity contribution in [1.29, 1.82) is 0 Å². The minimum absolute atomic E-state index is 0.591. The fourth-order valence-corrected chi connectivity index (χ4v) is 4.50. The van der Waals surface area contributed by atoms with Crippen molar-refractivity contribution < 1.29 is 19.2 Å². The number of hydrogen-bond acceptors (Lipinski definition) is 4. The van der Waals surface area contributed by atoms with Crippen LogP contribution in [0.2, 0.25) is 0 Å². The lowest BCUT2D eigenvalue weighted by molar-refractivity contribution is 0.148. The van der Waals surface area contributed by atoms with Crippen LogP contribution in [0.25, 0.3) is 11.1 Å². The molecule has 5 heteroatoms. The lowest BCUT2D eigenvalue weighted by Gasteiger charge is -2.29. The van der Waals surface area contributed by atoms with Gasteiger partial charge in [-0.25, -0.2) is 0 Å². The summed E-state index contributed by atoms with van der Waals surface area (Å²) in [5.41, 5.74) is 5.05. The van der Waals surface area contributed by atoms with Gasteiger partial charge in [0.15, 0.2) is 0 Å². The Morgan fingerprint density at radius 1 is 0.821 bits per heavy atom. The molecule has 0 aromatic heterocycles. The molecule has 0 amide bonds. The fourth-order valence-electron chi connectivity index (χ4n) is 4.50. The number of hydrogen-bond donors (Lipinski definition) is 1. The molecule has 0 unspecified atom stereocenters. The van der Waals surface area contributed by atoms with E-state index in [9.17, 15) is 5.02 Å². The standard InChI is InChI=1S/C23H21BO4/c1-3-26-15-9-11-17-18-12-10-16(27-4-2)14-21(18)23(20(17)13-15)19-7-5-6-8-22(19)24(25)28-23/h5-14,25H,3-4H2,1-2H3. The highest BCUT2D eigenvalue weighted by molar-refractivity contribution is 6.62. The van der Waals surface area contributed by atoms with Crippen LogP contribution in [0.4, 0.5) is 0 Å². The minimum Gasteiger partial charge on any atom is -0.494 e. The Labute approximate surface area is 164 Å². The molecule has 5 rings (SSSR count). The van der Waals surface area contributed by atoms with Crippen molar-refractivity contribution in [2.45, 2.75) is 19.4 Å². The van der Waals surface area contributed by atoms with Crippen LogP contribution in [0, 0.1) is 0 Å². The third-order valence-corrected chi connectivity index (χ3v) is 5.55. The first-order valence-corrected chi connectivity index (χ1v) is 9.69. The molecule has 0 bridgehead atoms. The summed E-state index contributed by atoms with van der Waals surface area (Å²) in [6, 6.07) is 20.1. The summed E-state index contributed by atoms with van der Waals surface area (Å²) in [5.74, 6) is 1.59. The zero-order chi connectivity index (χ0) is 19.3. The van der Waals surface area contributed by atoms with Gasteiger partial charge >= 0.3 is 7.12 Å². The molecule has 1 spiro atoms. The summed E-state index contributed by atoms with van der Waals surface area (Å²) in [7, 11) is -0.985. The largest absolute Gasteiger partial charge is 0.494 e. The van der Waals surface area contributed by atoms with Crippen LogP contribution in [0.3, 0.4) is 0 Å². The second-order valence-electron chi connectivity index (χ2n) is 7.02. The monoisotopic (exact) mass is 372 g/mol. The fraction of sp³-hybridized carbons (Fsp3) is 0.217. The van der Waals surface area contributed by atoms with E-state index < -0.39 is 12.7 Å². The van der Waals surface area contributed by atoms with Crippen LogP contribution >= 0.6 is 0 Å². The molecule has 0 saturated carbocycles. The molecule has 1 aliphatic carbocycles. The Bertz CT molecular complexity index is 1010. The summed E-state index contributed by atoms with van der Waals surface area (Å²) in [5, 5.41) is 10.7. The zero-order valence-electron chi connectivity index (χ0n) is 15.9. The SMILES string of the molecule is CCOc1ccc2c(c1)C1(OB(O)c3ccccc31)c1cc(OCC)ccc1-2. The van der Waals surface area contributed by atoms with Gasteiger partial charge in [0, 0.05) is 11.1 Å². The lowest BCUT2D eigenvalue weighted by Crippen LogP contribution is -2.30. The Balaban J connectivity index is 1.82. The first-order valence-electron chi connectivity index (χ1n) is 9.69. The molecule has 1 N–H and O–H groups in total. The Kier molecular flexibility index (Phi) is 3.97.